The lowest BCUT2D eigenvalue weighted by atomic mass is 10.0. The number of anilines is 1. The molecule has 0 atom stereocenters. The molecule has 0 bridgehead atoms. The topological polar surface area (TPSA) is 76.2 Å². The number of ether oxygens (including phenoxy) is 2. The highest BCUT2D eigenvalue weighted by Crippen LogP contribution is 2.48. The molecule has 1 saturated carbocycles. The van der Waals surface area contributed by atoms with Crippen molar-refractivity contribution in [3.63, 3.8) is 0 Å². The molecule has 0 spiro atoms. The molecular formula is C12H19N3O3. The zero-order chi connectivity index (χ0) is 13.0. The Morgan fingerprint density at radius 3 is 2.89 bits per heavy atom. The van der Waals surface area contributed by atoms with Gasteiger partial charge in [0.05, 0.1) is 13.4 Å². The van der Waals surface area contributed by atoms with Gasteiger partial charge < -0.3 is 19.8 Å². The molecule has 100 valence electrons. The van der Waals surface area contributed by atoms with Gasteiger partial charge in [0.2, 0.25) is 5.75 Å². The van der Waals surface area contributed by atoms with Crippen LogP contribution in [0.25, 0.3) is 0 Å². The summed E-state index contributed by atoms with van der Waals surface area (Å²) in [6, 6.07) is 0. The van der Waals surface area contributed by atoms with Crippen LogP contribution in [0.1, 0.15) is 19.3 Å². The van der Waals surface area contributed by atoms with Gasteiger partial charge in [0.1, 0.15) is 0 Å². The number of H-pyrrole nitrogens is 1. The van der Waals surface area contributed by atoms with E-state index in [1.807, 2.05) is 0 Å². The minimum atomic E-state index is -0.267. The van der Waals surface area contributed by atoms with Gasteiger partial charge in [-0.15, -0.1) is 0 Å². The number of rotatable bonds is 7. The normalized spacial score (nSPS) is 16.3. The van der Waals surface area contributed by atoms with Crippen molar-refractivity contribution in [1.82, 2.24) is 9.97 Å². The first-order chi connectivity index (χ1) is 8.71. The second-order valence-electron chi connectivity index (χ2n) is 4.71. The fourth-order valence-corrected chi connectivity index (χ4v) is 1.98. The molecule has 6 nitrogen and oxygen atoms in total. The van der Waals surface area contributed by atoms with E-state index in [1.165, 1.54) is 26.3 Å². The first-order valence-corrected chi connectivity index (χ1v) is 6.05. The Morgan fingerprint density at radius 2 is 2.28 bits per heavy atom. The maximum atomic E-state index is 11.5. The molecule has 0 amide bonds. The van der Waals surface area contributed by atoms with E-state index in [4.69, 9.17) is 9.47 Å². The van der Waals surface area contributed by atoms with Crippen LogP contribution in [0.5, 0.6) is 5.75 Å². The van der Waals surface area contributed by atoms with Gasteiger partial charge in [-0.3, -0.25) is 4.79 Å². The molecular weight excluding hydrogens is 234 g/mol. The van der Waals surface area contributed by atoms with Crippen LogP contribution in [-0.4, -0.2) is 37.3 Å². The summed E-state index contributed by atoms with van der Waals surface area (Å²) in [6.45, 7) is 1.56. The molecule has 0 aliphatic heterocycles. The lowest BCUT2D eigenvalue weighted by Crippen LogP contribution is -2.20. The molecule has 0 unspecified atom stereocenters. The molecule has 0 saturated heterocycles. The van der Waals surface area contributed by atoms with Crippen molar-refractivity contribution >= 4 is 5.82 Å². The summed E-state index contributed by atoms with van der Waals surface area (Å²) in [6.07, 6.45) is 4.79. The van der Waals surface area contributed by atoms with Crippen LogP contribution in [-0.2, 0) is 4.74 Å². The predicted molar refractivity (Wildman–Crippen MR) is 68.1 cm³/mol. The fraction of sp³-hybridized carbons (Fsp3) is 0.667. The highest BCUT2D eigenvalue weighted by Gasteiger charge is 2.41. The van der Waals surface area contributed by atoms with Gasteiger partial charge in [0.15, 0.2) is 5.82 Å². The Balaban J connectivity index is 1.98. The summed E-state index contributed by atoms with van der Waals surface area (Å²) < 4.78 is 10.2. The molecule has 1 aliphatic rings. The van der Waals surface area contributed by atoms with Crippen LogP contribution in [0.3, 0.4) is 0 Å². The third-order valence-electron chi connectivity index (χ3n) is 3.44. The molecule has 2 rings (SSSR count). The highest BCUT2D eigenvalue weighted by atomic mass is 16.5. The molecule has 6 heteroatoms. The molecule has 1 heterocycles. The van der Waals surface area contributed by atoms with Crippen molar-refractivity contribution in [3.8, 4) is 5.75 Å². The van der Waals surface area contributed by atoms with E-state index in [9.17, 15) is 4.79 Å². The maximum absolute atomic E-state index is 11.5. The average Bonchev–Trinajstić information content (AvgIpc) is 3.15. The molecule has 1 aromatic heterocycles. The van der Waals surface area contributed by atoms with Crippen LogP contribution in [0.4, 0.5) is 5.82 Å². The number of aromatic nitrogens is 2. The number of methoxy groups -OCH3 is 2. The lowest BCUT2D eigenvalue weighted by molar-refractivity contribution is 0.175. The number of hydrogen-bond acceptors (Lipinski definition) is 5. The lowest BCUT2D eigenvalue weighted by Gasteiger charge is -2.16. The average molecular weight is 253 g/mol. The van der Waals surface area contributed by atoms with E-state index in [2.05, 4.69) is 15.3 Å². The zero-order valence-corrected chi connectivity index (χ0v) is 10.8. The second kappa shape index (κ2) is 5.39. The molecule has 2 N–H and O–H groups in total. The van der Waals surface area contributed by atoms with Crippen molar-refractivity contribution in [2.24, 2.45) is 5.41 Å². The van der Waals surface area contributed by atoms with Crippen molar-refractivity contribution in [2.75, 3.05) is 32.7 Å². The summed E-state index contributed by atoms with van der Waals surface area (Å²) in [4.78, 5) is 18.1. The molecule has 1 aromatic rings. The number of nitrogens with one attached hydrogen (secondary N) is 2. The molecule has 0 radical (unpaired) electrons. The summed E-state index contributed by atoms with van der Waals surface area (Å²) >= 11 is 0. The Morgan fingerprint density at radius 1 is 1.50 bits per heavy atom. The molecule has 18 heavy (non-hydrogen) atoms. The van der Waals surface area contributed by atoms with E-state index >= 15 is 0 Å². The van der Waals surface area contributed by atoms with E-state index in [0.29, 0.717) is 11.2 Å². The summed E-state index contributed by atoms with van der Waals surface area (Å²) in [5.74, 6) is 0.741. The van der Waals surface area contributed by atoms with Gasteiger partial charge in [0, 0.05) is 20.3 Å². The number of nitrogens with zero attached hydrogens (tertiary/aromatic N) is 1. The Kier molecular flexibility index (Phi) is 3.86. The van der Waals surface area contributed by atoms with Gasteiger partial charge in [-0.2, -0.15) is 0 Å². The van der Waals surface area contributed by atoms with Gasteiger partial charge >= 0.3 is 0 Å². The van der Waals surface area contributed by atoms with E-state index < -0.39 is 0 Å². The van der Waals surface area contributed by atoms with Crippen LogP contribution in [0, 0.1) is 5.41 Å². The Bertz CT molecular complexity index is 454. The minimum absolute atomic E-state index is 0.236. The third-order valence-corrected chi connectivity index (χ3v) is 3.44. The summed E-state index contributed by atoms with van der Waals surface area (Å²) in [7, 11) is 3.18. The third kappa shape index (κ3) is 2.81. The highest BCUT2D eigenvalue weighted by molar-refractivity contribution is 5.48. The van der Waals surface area contributed by atoms with Crippen molar-refractivity contribution in [3.05, 3.63) is 16.7 Å². The van der Waals surface area contributed by atoms with E-state index in [1.54, 1.807) is 7.11 Å². The van der Waals surface area contributed by atoms with Crippen molar-refractivity contribution in [1.29, 1.82) is 0 Å². The number of hydrogen-bond donors (Lipinski definition) is 2. The standard InChI is InChI=1S/C12H19N3O3/c1-17-6-5-12(3-4-12)7-13-10-9(18-2)11(16)15-8-14-10/h8H,3-7H2,1-2H3,(H2,13,14,15,16). The van der Waals surface area contributed by atoms with E-state index in [-0.39, 0.29) is 11.3 Å². The molecule has 0 aromatic carbocycles. The number of aromatic amines is 1. The van der Waals surface area contributed by atoms with Gasteiger partial charge in [0.25, 0.3) is 5.56 Å². The quantitative estimate of drug-likeness (QED) is 0.758. The van der Waals surface area contributed by atoms with Crippen LogP contribution < -0.4 is 15.6 Å². The van der Waals surface area contributed by atoms with Crippen molar-refractivity contribution in [2.45, 2.75) is 19.3 Å². The monoisotopic (exact) mass is 253 g/mol. The van der Waals surface area contributed by atoms with Crippen LogP contribution >= 0.6 is 0 Å². The summed E-state index contributed by atoms with van der Waals surface area (Å²) in [5, 5.41) is 3.21. The largest absolute Gasteiger partial charge is 0.489 e. The van der Waals surface area contributed by atoms with Crippen LogP contribution in [0.15, 0.2) is 11.1 Å². The van der Waals surface area contributed by atoms with Gasteiger partial charge in [-0.1, -0.05) is 0 Å². The van der Waals surface area contributed by atoms with Crippen LogP contribution in [0.2, 0.25) is 0 Å². The Hall–Kier alpha value is -1.56. The maximum Gasteiger partial charge on any atom is 0.295 e. The summed E-state index contributed by atoms with van der Waals surface area (Å²) in [5.41, 5.74) is 0.0300. The molecule has 1 fully saturated rings. The first kappa shape index (κ1) is 12.9. The van der Waals surface area contributed by atoms with Gasteiger partial charge in [-0.05, 0) is 24.7 Å². The first-order valence-electron chi connectivity index (χ1n) is 6.05. The minimum Gasteiger partial charge on any atom is -0.489 e. The van der Waals surface area contributed by atoms with E-state index in [0.717, 1.165) is 19.6 Å². The molecule has 1 aliphatic carbocycles. The Labute approximate surface area is 106 Å². The van der Waals surface area contributed by atoms with Gasteiger partial charge in [-0.25, -0.2) is 4.98 Å². The SMILES string of the molecule is COCCC1(CNc2nc[nH]c(=O)c2OC)CC1. The van der Waals surface area contributed by atoms with Crippen molar-refractivity contribution < 1.29 is 9.47 Å². The smallest absolute Gasteiger partial charge is 0.295 e. The zero-order valence-electron chi connectivity index (χ0n) is 10.8. The fourth-order valence-electron chi connectivity index (χ4n) is 1.98. The predicted octanol–water partition coefficient (Wildman–Crippen LogP) is 1.01. The second-order valence-corrected chi connectivity index (χ2v) is 4.71.